The van der Waals surface area contributed by atoms with Gasteiger partial charge in [-0.05, 0) is 33.3 Å². The predicted molar refractivity (Wildman–Crippen MR) is 65.8 cm³/mol. The van der Waals surface area contributed by atoms with E-state index in [2.05, 4.69) is 61.6 Å². The van der Waals surface area contributed by atoms with Crippen molar-refractivity contribution in [3.63, 3.8) is 0 Å². The Morgan fingerprint density at radius 2 is 1.75 bits per heavy atom. The van der Waals surface area contributed by atoms with E-state index in [1.54, 1.807) is 0 Å². The lowest BCUT2D eigenvalue weighted by molar-refractivity contribution is 0.897. The molecule has 68 valence electrons. The van der Waals surface area contributed by atoms with E-state index in [0.29, 0.717) is 0 Å². The van der Waals surface area contributed by atoms with E-state index < -0.39 is 0 Å². The van der Waals surface area contributed by atoms with Gasteiger partial charge in [0.25, 0.3) is 0 Å². The van der Waals surface area contributed by atoms with E-state index in [0.717, 1.165) is 0 Å². The molecule has 0 rings (SSSR count). The van der Waals surface area contributed by atoms with Gasteiger partial charge in [0.1, 0.15) is 0 Å². The quantitative estimate of drug-likeness (QED) is 0.410. The van der Waals surface area contributed by atoms with Gasteiger partial charge in [0.15, 0.2) is 0 Å². The molecule has 0 unspecified atom stereocenters. The zero-order chi connectivity index (χ0) is 9.61. The Morgan fingerprint density at radius 3 is 2.08 bits per heavy atom. The van der Waals surface area contributed by atoms with Gasteiger partial charge in [-0.25, -0.2) is 0 Å². The lowest BCUT2D eigenvalue weighted by Gasteiger charge is -2.17. The summed E-state index contributed by atoms with van der Waals surface area (Å²) in [6.45, 7) is 8.52. The summed E-state index contributed by atoms with van der Waals surface area (Å²) in [5, 5.41) is 0. The third-order valence-electron chi connectivity index (χ3n) is 1.58. The molecule has 0 nitrogen and oxygen atoms in total. The number of hydrogen-bond acceptors (Lipinski definition) is 0. The van der Waals surface area contributed by atoms with Crippen LogP contribution in [0.2, 0.25) is 0 Å². The molecule has 0 amide bonds. The summed E-state index contributed by atoms with van der Waals surface area (Å²) < 4.78 is 0.227. The van der Waals surface area contributed by atoms with Crippen molar-refractivity contribution >= 4 is 22.6 Å². The van der Waals surface area contributed by atoms with E-state index in [-0.39, 0.29) is 3.42 Å². The normalized spacial score (nSPS) is 14.9. The van der Waals surface area contributed by atoms with Gasteiger partial charge < -0.3 is 0 Å². The molecule has 0 aliphatic carbocycles. The monoisotopic (exact) mass is 276 g/mol. The summed E-state index contributed by atoms with van der Waals surface area (Å²) in [7, 11) is 0. The molecule has 0 N–H and O–H groups in total. The summed E-state index contributed by atoms with van der Waals surface area (Å²) in [6, 6.07) is 0. The second-order valence-corrected chi connectivity index (χ2v) is 5.80. The Bertz CT molecular complexity index is 202. The summed E-state index contributed by atoms with van der Waals surface area (Å²) in [6.07, 6.45) is 10.5. The SMILES string of the molecule is C\C=C/C=C\C(=C/C)C(C)(C)I. The molecule has 0 spiro atoms. The maximum Gasteiger partial charge on any atom is 0.0410 e. The first kappa shape index (κ1) is 11.9. The fourth-order valence-electron chi connectivity index (χ4n) is 0.908. The fraction of sp³-hybridized carbons (Fsp3) is 0.455. The van der Waals surface area contributed by atoms with Crippen LogP contribution < -0.4 is 0 Å². The minimum absolute atomic E-state index is 0.227. The van der Waals surface area contributed by atoms with Gasteiger partial charge in [-0.3, -0.25) is 0 Å². The number of alkyl halides is 1. The van der Waals surface area contributed by atoms with Crippen molar-refractivity contribution in [3.05, 3.63) is 36.0 Å². The summed E-state index contributed by atoms with van der Waals surface area (Å²) >= 11 is 2.45. The van der Waals surface area contributed by atoms with Crippen LogP contribution in [0.3, 0.4) is 0 Å². The summed E-state index contributed by atoms with van der Waals surface area (Å²) in [5.41, 5.74) is 1.36. The molecule has 0 bridgehead atoms. The van der Waals surface area contributed by atoms with Gasteiger partial charge in [0, 0.05) is 3.42 Å². The molecule has 0 radical (unpaired) electrons. The number of halogens is 1. The maximum atomic E-state index is 2.45. The standard InChI is InChI=1S/C11H17I/c1-5-7-8-9-10(6-2)11(3,4)12/h5-9H,1-4H3/b7-5-,9-8-,10-6+. The van der Waals surface area contributed by atoms with Gasteiger partial charge in [-0.15, -0.1) is 0 Å². The highest BCUT2D eigenvalue weighted by atomic mass is 127. The number of rotatable bonds is 3. The van der Waals surface area contributed by atoms with Gasteiger partial charge in [0.05, 0.1) is 0 Å². The van der Waals surface area contributed by atoms with Crippen molar-refractivity contribution in [1.82, 2.24) is 0 Å². The molecule has 1 heteroatoms. The highest BCUT2D eigenvalue weighted by molar-refractivity contribution is 14.1. The van der Waals surface area contributed by atoms with E-state index in [1.807, 2.05) is 19.1 Å². The van der Waals surface area contributed by atoms with Crippen LogP contribution >= 0.6 is 22.6 Å². The Labute approximate surface area is 89.6 Å². The zero-order valence-electron chi connectivity index (χ0n) is 8.26. The van der Waals surface area contributed by atoms with Gasteiger partial charge in [-0.2, -0.15) is 0 Å². The molecular weight excluding hydrogens is 259 g/mol. The van der Waals surface area contributed by atoms with Crippen molar-refractivity contribution in [2.24, 2.45) is 0 Å². The molecule has 0 saturated carbocycles. The third kappa shape index (κ3) is 4.75. The molecule has 0 heterocycles. The molecule has 0 fully saturated rings. The van der Waals surface area contributed by atoms with Gasteiger partial charge in [-0.1, -0.05) is 53.0 Å². The fourth-order valence-corrected chi connectivity index (χ4v) is 1.40. The molecule has 0 aliphatic rings. The zero-order valence-corrected chi connectivity index (χ0v) is 10.4. The van der Waals surface area contributed by atoms with E-state index in [1.165, 1.54) is 5.57 Å². The van der Waals surface area contributed by atoms with Crippen molar-refractivity contribution in [2.45, 2.75) is 31.1 Å². The van der Waals surface area contributed by atoms with Crippen LogP contribution in [0.25, 0.3) is 0 Å². The molecule has 0 aliphatic heterocycles. The Kier molecular flexibility index (Phi) is 5.55. The molecule has 0 saturated heterocycles. The van der Waals surface area contributed by atoms with Crippen LogP contribution in [0.4, 0.5) is 0 Å². The van der Waals surface area contributed by atoms with Crippen LogP contribution in [0, 0.1) is 0 Å². The first-order valence-electron chi connectivity index (χ1n) is 4.17. The highest BCUT2D eigenvalue weighted by Gasteiger charge is 2.14. The lowest BCUT2D eigenvalue weighted by Crippen LogP contribution is -2.10. The van der Waals surface area contributed by atoms with E-state index in [4.69, 9.17) is 0 Å². The third-order valence-corrected chi connectivity index (χ3v) is 2.20. The number of hydrogen-bond donors (Lipinski definition) is 0. The molecule has 12 heavy (non-hydrogen) atoms. The van der Waals surface area contributed by atoms with Crippen molar-refractivity contribution in [1.29, 1.82) is 0 Å². The molecule has 0 aromatic rings. The summed E-state index contributed by atoms with van der Waals surface area (Å²) in [5.74, 6) is 0. The van der Waals surface area contributed by atoms with E-state index in [9.17, 15) is 0 Å². The Morgan fingerprint density at radius 1 is 1.17 bits per heavy atom. The minimum Gasteiger partial charge on any atom is -0.0877 e. The minimum atomic E-state index is 0.227. The largest absolute Gasteiger partial charge is 0.0877 e. The first-order chi connectivity index (χ1) is 5.52. The van der Waals surface area contributed by atoms with Crippen LogP contribution in [0.5, 0.6) is 0 Å². The highest BCUT2D eigenvalue weighted by Crippen LogP contribution is 2.27. The maximum absolute atomic E-state index is 2.45. The van der Waals surface area contributed by atoms with Crippen molar-refractivity contribution in [3.8, 4) is 0 Å². The topological polar surface area (TPSA) is 0 Å². The van der Waals surface area contributed by atoms with Crippen LogP contribution in [0.15, 0.2) is 36.0 Å². The average molecular weight is 276 g/mol. The van der Waals surface area contributed by atoms with Crippen LogP contribution in [0.1, 0.15) is 27.7 Å². The van der Waals surface area contributed by atoms with Gasteiger partial charge >= 0.3 is 0 Å². The molecule has 0 aromatic heterocycles. The van der Waals surface area contributed by atoms with Gasteiger partial charge in [0.2, 0.25) is 0 Å². The predicted octanol–water partition coefficient (Wildman–Crippen LogP) is 4.28. The van der Waals surface area contributed by atoms with E-state index >= 15 is 0 Å². The summed E-state index contributed by atoms with van der Waals surface area (Å²) in [4.78, 5) is 0. The first-order valence-corrected chi connectivity index (χ1v) is 5.25. The molecular formula is C11H17I. The molecule has 0 atom stereocenters. The lowest BCUT2D eigenvalue weighted by atomic mass is 10.0. The Hall–Kier alpha value is -0.0500. The second-order valence-electron chi connectivity index (χ2n) is 3.10. The smallest absolute Gasteiger partial charge is 0.0410 e. The van der Waals surface area contributed by atoms with Crippen LogP contribution in [-0.2, 0) is 0 Å². The van der Waals surface area contributed by atoms with Crippen molar-refractivity contribution < 1.29 is 0 Å². The van der Waals surface area contributed by atoms with Crippen molar-refractivity contribution in [2.75, 3.05) is 0 Å². The number of allylic oxidation sites excluding steroid dienone is 6. The van der Waals surface area contributed by atoms with Crippen LogP contribution in [-0.4, -0.2) is 3.42 Å². The molecule has 0 aromatic carbocycles. The average Bonchev–Trinajstić information content (AvgIpc) is 1.95. The Balaban J connectivity index is 4.41. The second kappa shape index (κ2) is 5.57.